The van der Waals surface area contributed by atoms with Crippen LogP contribution in [-0.2, 0) is 0 Å². The van der Waals surface area contributed by atoms with Crippen molar-refractivity contribution in [3.05, 3.63) is 41.6 Å². The molecule has 2 N–H and O–H groups in total. The van der Waals surface area contributed by atoms with Crippen LogP contribution in [0.3, 0.4) is 0 Å². The molecule has 0 unspecified atom stereocenters. The summed E-state index contributed by atoms with van der Waals surface area (Å²) in [6.07, 6.45) is 1.71. The molecule has 2 heterocycles. The fraction of sp³-hybridized carbons (Fsp3) is 0.0769. The molecule has 96 valence electrons. The summed E-state index contributed by atoms with van der Waals surface area (Å²) in [5.41, 5.74) is 7.99. The SMILES string of the molecule is COc1ccc(-c2nc3ccc(Cl)cn3n2)cc1N. The van der Waals surface area contributed by atoms with E-state index in [1.807, 2.05) is 12.1 Å². The third kappa shape index (κ3) is 2.08. The Morgan fingerprint density at radius 3 is 2.84 bits per heavy atom. The molecule has 0 bridgehead atoms. The van der Waals surface area contributed by atoms with Crippen LogP contribution in [0.4, 0.5) is 5.69 Å². The zero-order chi connectivity index (χ0) is 13.4. The van der Waals surface area contributed by atoms with Crippen LogP contribution in [0.2, 0.25) is 5.02 Å². The summed E-state index contributed by atoms with van der Waals surface area (Å²) < 4.78 is 6.76. The maximum absolute atomic E-state index is 5.91. The van der Waals surface area contributed by atoms with Crippen LogP contribution < -0.4 is 10.5 Å². The molecule has 0 aliphatic rings. The number of hydrogen-bond acceptors (Lipinski definition) is 4. The van der Waals surface area contributed by atoms with E-state index in [0.29, 0.717) is 22.3 Å². The van der Waals surface area contributed by atoms with Gasteiger partial charge in [-0.2, -0.15) is 0 Å². The van der Waals surface area contributed by atoms with Crippen molar-refractivity contribution < 1.29 is 4.74 Å². The molecule has 0 aliphatic heterocycles. The summed E-state index contributed by atoms with van der Waals surface area (Å²) >= 11 is 5.91. The van der Waals surface area contributed by atoms with Gasteiger partial charge in [-0.3, -0.25) is 0 Å². The normalized spacial score (nSPS) is 10.8. The lowest BCUT2D eigenvalue weighted by Crippen LogP contribution is -1.93. The van der Waals surface area contributed by atoms with E-state index >= 15 is 0 Å². The largest absolute Gasteiger partial charge is 0.495 e. The van der Waals surface area contributed by atoms with Crippen LogP contribution in [0.1, 0.15) is 0 Å². The molecule has 0 atom stereocenters. The van der Waals surface area contributed by atoms with Crippen LogP contribution in [0.5, 0.6) is 5.75 Å². The first kappa shape index (κ1) is 11.8. The second-order valence-corrected chi connectivity index (χ2v) is 4.48. The molecule has 0 radical (unpaired) electrons. The van der Waals surface area contributed by atoms with Gasteiger partial charge < -0.3 is 10.5 Å². The zero-order valence-corrected chi connectivity index (χ0v) is 10.9. The number of fused-ring (bicyclic) bond motifs is 1. The number of methoxy groups -OCH3 is 1. The highest BCUT2D eigenvalue weighted by atomic mass is 35.5. The number of hydrogen-bond donors (Lipinski definition) is 1. The zero-order valence-electron chi connectivity index (χ0n) is 10.2. The van der Waals surface area contributed by atoms with Crippen molar-refractivity contribution in [3.8, 4) is 17.1 Å². The Morgan fingerprint density at radius 1 is 1.26 bits per heavy atom. The van der Waals surface area contributed by atoms with Gasteiger partial charge in [0.2, 0.25) is 0 Å². The van der Waals surface area contributed by atoms with Crippen LogP contribution in [0.25, 0.3) is 17.0 Å². The molecule has 0 saturated heterocycles. The number of aromatic nitrogens is 3. The lowest BCUT2D eigenvalue weighted by Gasteiger charge is -2.04. The molecule has 0 aliphatic carbocycles. The van der Waals surface area contributed by atoms with E-state index < -0.39 is 0 Å². The number of pyridine rings is 1. The standard InChI is InChI=1S/C13H11ClN4O/c1-19-11-4-2-8(6-10(11)15)13-16-12-5-3-9(14)7-18(12)17-13/h2-7H,15H2,1H3. The van der Waals surface area contributed by atoms with Gasteiger partial charge >= 0.3 is 0 Å². The van der Waals surface area contributed by atoms with Crippen molar-refractivity contribution >= 4 is 22.9 Å². The first-order chi connectivity index (χ1) is 9.17. The van der Waals surface area contributed by atoms with Crippen molar-refractivity contribution in [1.29, 1.82) is 0 Å². The second-order valence-electron chi connectivity index (χ2n) is 4.04. The quantitative estimate of drug-likeness (QED) is 0.730. The Kier molecular flexibility index (Phi) is 2.76. The van der Waals surface area contributed by atoms with Gasteiger partial charge in [-0.05, 0) is 30.3 Å². The van der Waals surface area contributed by atoms with Crippen molar-refractivity contribution in [3.63, 3.8) is 0 Å². The number of anilines is 1. The molecule has 2 aromatic heterocycles. The average Bonchev–Trinajstić information content (AvgIpc) is 2.81. The number of ether oxygens (including phenoxy) is 1. The molecular weight excluding hydrogens is 264 g/mol. The molecule has 0 spiro atoms. The third-order valence-electron chi connectivity index (χ3n) is 2.78. The minimum atomic E-state index is 0.553. The summed E-state index contributed by atoms with van der Waals surface area (Å²) in [5.74, 6) is 1.23. The predicted molar refractivity (Wildman–Crippen MR) is 74.4 cm³/mol. The van der Waals surface area contributed by atoms with Gasteiger partial charge in [0.25, 0.3) is 0 Å². The number of nitrogen functional groups attached to an aromatic ring is 1. The fourth-order valence-electron chi connectivity index (χ4n) is 1.85. The predicted octanol–water partition coefficient (Wildman–Crippen LogP) is 2.64. The number of rotatable bonds is 2. The monoisotopic (exact) mass is 274 g/mol. The Hall–Kier alpha value is -2.27. The first-order valence-electron chi connectivity index (χ1n) is 5.63. The van der Waals surface area contributed by atoms with E-state index in [4.69, 9.17) is 22.1 Å². The summed E-state index contributed by atoms with van der Waals surface area (Å²) in [5, 5.41) is 4.97. The first-order valence-corrected chi connectivity index (χ1v) is 6.01. The van der Waals surface area contributed by atoms with E-state index in [2.05, 4.69) is 10.1 Å². The van der Waals surface area contributed by atoms with Crippen LogP contribution in [0, 0.1) is 0 Å². The molecule has 5 nitrogen and oxygen atoms in total. The van der Waals surface area contributed by atoms with E-state index in [9.17, 15) is 0 Å². The molecular formula is C13H11ClN4O. The van der Waals surface area contributed by atoms with Crippen molar-refractivity contribution in [1.82, 2.24) is 14.6 Å². The molecule has 3 rings (SSSR count). The smallest absolute Gasteiger partial charge is 0.182 e. The molecule has 19 heavy (non-hydrogen) atoms. The topological polar surface area (TPSA) is 65.4 Å². The summed E-state index contributed by atoms with van der Waals surface area (Å²) in [4.78, 5) is 4.42. The van der Waals surface area contributed by atoms with E-state index in [1.54, 1.807) is 36.0 Å². The number of benzene rings is 1. The van der Waals surface area contributed by atoms with E-state index in [0.717, 1.165) is 11.2 Å². The maximum Gasteiger partial charge on any atom is 0.182 e. The van der Waals surface area contributed by atoms with E-state index in [-0.39, 0.29) is 0 Å². The van der Waals surface area contributed by atoms with Gasteiger partial charge in [0.05, 0.1) is 17.8 Å². The molecule has 3 aromatic rings. The summed E-state index contributed by atoms with van der Waals surface area (Å²) in [6.45, 7) is 0. The molecule has 1 aromatic carbocycles. The van der Waals surface area contributed by atoms with E-state index in [1.165, 1.54) is 0 Å². The van der Waals surface area contributed by atoms with Crippen LogP contribution in [0.15, 0.2) is 36.5 Å². The van der Waals surface area contributed by atoms with Crippen LogP contribution in [-0.4, -0.2) is 21.7 Å². The minimum absolute atomic E-state index is 0.553. The van der Waals surface area contributed by atoms with Crippen molar-refractivity contribution in [2.75, 3.05) is 12.8 Å². The van der Waals surface area contributed by atoms with Crippen molar-refractivity contribution in [2.45, 2.75) is 0 Å². The number of nitrogens with two attached hydrogens (primary N) is 1. The Labute approximate surface area is 114 Å². The van der Waals surface area contributed by atoms with Gasteiger partial charge in [0.15, 0.2) is 11.5 Å². The summed E-state index contributed by atoms with van der Waals surface area (Å²) in [6, 6.07) is 9.04. The number of nitrogens with zero attached hydrogens (tertiary/aromatic N) is 3. The lowest BCUT2D eigenvalue weighted by atomic mass is 10.2. The lowest BCUT2D eigenvalue weighted by molar-refractivity contribution is 0.417. The van der Waals surface area contributed by atoms with Gasteiger partial charge in [-0.15, -0.1) is 5.10 Å². The fourth-order valence-corrected chi connectivity index (χ4v) is 2.01. The van der Waals surface area contributed by atoms with Gasteiger partial charge in [-0.25, -0.2) is 9.50 Å². The minimum Gasteiger partial charge on any atom is -0.495 e. The average molecular weight is 275 g/mol. The number of halogens is 1. The second kappa shape index (κ2) is 4.44. The highest BCUT2D eigenvalue weighted by Crippen LogP contribution is 2.27. The van der Waals surface area contributed by atoms with Crippen LogP contribution >= 0.6 is 11.6 Å². The Bertz CT molecular complexity index is 753. The van der Waals surface area contributed by atoms with Gasteiger partial charge in [0, 0.05) is 11.8 Å². The van der Waals surface area contributed by atoms with Gasteiger partial charge in [0.1, 0.15) is 5.75 Å². The summed E-state index contributed by atoms with van der Waals surface area (Å²) in [7, 11) is 1.58. The molecule has 0 amide bonds. The highest BCUT2D eigenvalue weighted by Gasteiger charge is 2.08. The Morgan fingerprint density at radius 2 is 2.11 bits per heavy atom. The third-order valence-corrected chi connectivity index (χ3v) is 3.01. The molecule has 6 heteroatoms. The Balaban J connectivity index is 2.11. The maximum atomic E-state index is 5.91. The van der Waals surface area contributed by atoms with Crippen molar-refractivity contribution in [2.24, 2.45) is 0 Å². The molecule has 0 fully saturated rings. The van der Waals surface area contributed by atoms with Gasteiger partial charge in [-0.1, -0.05) is 11.6 Å². The highest BCUT2D eigenvalue weighted by molar-refractivity contribution is 6.30. The molecule has 0 saturated carbocycles.